The van der Waals surface area contributed by atoms with Crippen molar-refractivity contribution in [2.24, 2.45) is 0 Å². The fourth-order valence-electron chi connectivity index (χ4n) is 1.15. The monoisotopic (exact) mass is 363 g/mol. The molecule has 4 nitrogen and oxygen atoms in total. The number of nitrogens with zero attached hydrogens (tertiary/aromatic N) is 2. The summed E-state index contributed by atoms with van der Waals surface area (Å²) < 4.78 is 6.95. The summed E-state index contributed by atoms with van der Waals surface area (Å²) in [6.07, 6.45) is 0. The van der Waals surface area contributed by atoms with Crippen molar-refractivity contribution in [3.05, 3.63) is 26.6 Å². The maximum absolute atomic E-state index is 5.24. The lowest BCUT2D eigenvalue weighted by Crippen LogP contribution is -1.94. The van der Waals surface area contributed by atoms with Crippen LogP contribution in [-0.2, 0) is 0 Å². The van der Waals surface area contributed by atoms with Crippen molar-refractivity contribution < 1.29 is 4.74 Å². The average molecular weight is 365 g/mol. The fraction of sp³-hybridized carbons (Fsp3) is 0.111. The van der Waals surface area contributed by atoms with E-state index in [1.165, 1.54) is 11.3 Å². The molecule has 0 fully saturated rings. The van der Waals surface area contributed by atoms with E-state index in [0.717, 1.165) is 19.8 Å². The molecule has 0 aliphatic carbocycles. The van der Waals surface area contributed by atoms with Crippen molar-refractivity contribution >= 4 is 54.0 Å². The van der Waals surface area contributed by atoms with Crippen LogP contribution in [0.25, 0.3) is 0 Å². The van der Waals surface area contributed by atoms with Crippen LogP contribution in [0.1, 0.15) is 0 Å². The lowest BCUT2D eigenvalue weighted by Gasteiger charge is -2.08. The number of nitrogens with one attached hydrogen (secondary N) is 1. The van der Waals surface area contributed by atoms with Gasteiger partial charge in [0.1, 0.15) is 5.75 Å². The molecular weight excluding hydrogens is 358 g/mol. The van der Waals surface area contributed by atoms with Crippen LogP contribution in [-0.4, -0.2) is 17.3 Å². The second-order valence-electron chi connectivity index (χ2n) is 2.83. The predicted octanol–water partition coefficient (Wildman–Crippen LogP) is 3.82. The van der Waals surface area contributed by atoms with E-state index in [1.54, 1.807) is 7.11 Å². The Morgan fingerprint density at radius 3 is 2.75 bits per heavy atom. The fourth-order valence-corrected chi connectivity index (χ4v) is 2.53. The van der Waals surface area contributed by atoms with Gasteiger partial charge in [0, 0.05) is 4.47 Å². The van der Waals surface area contributed by atoms with Crippen molar-refractivity contribution in [2.75, 3.05) is 12.4 Å². The third kappa shape index (κ3) is 2.72. The van der Waals surface area contributed by atoms with Crippen molar-refractivity contribution in [3.63, 3.8) is 0 Å². The molecule has 0 saturated heterocycles. The molecule has 0 bridgehead atoms. The Labute approximate surface area is 113 Å². The first-order valence-electron chi connectivity index (χ1n) is 4.28. The molecule has 0 saturated carbocycles. The number of ether oxygens (including phenoxy) is 1. The highest BCUT2D eigenvalue weighted by atomic mass is 79.9. The number of hydrogen-bond donors (Lipinski definition) is 1. The predicted molar refractivity (Wildman–Crippen MR) is 71.6 cm³/mol. The van der Waals surface area contributed by atoms with Gasteiger partial charge in [-0.25, -0.2) is 0 Å². The average Bonchev–Trinajstić information content (AvgIpc) is 2.64. The lowest BCUT2D eigenvalue weighted by molar-refractivity contribution is 0.416. The van der Waals surface area contributed by atoms with Crippen LogP contribution in [0, 0.1) is 0 Å². The van der Waals surface area contributed by atoms with Gasteiger partial charge in [-0.3, -0.25) is 0 Å². The van der Waals surface area contributed by atoms with Crippen LogP contribution in [0.3, 0.4) is 0 Å². The molecule has 16 heavy (non-hydrogen) atoms. The topological polar surface area (TPSA) is 47.0 Å². The summed E-state index contributed by atoms with van der Waals surface area (Å²) in [5.41, 5.74) is 0.848. The normalized spacial score (nSPS) is 10.2. The highest BCUT2D eigenvalue weighted by Gasteiger charge is 2.07. The van der Waals surface area contributed by atoms with Crippen LogP contribution in [0.2, 0.25) is 0 Å². The van der Waals surface area contributed by atoms with E-state index < -0.39 is 0 Å². The van der Waals surface area contributed by atoms with E-state index in [-0.39, 0.29) is 0 Å². The molecule has 0 amide bonds. The summed E-state index contributed by atoms with van der Waals surface area (Å²) in [5.74, 6) is 0.759. The number of hydrogen-bond acceptors (Lipinski definition) is 5. The van der Waals surface area contributed by atoms with Gasteiger partial charge in [-0.05, 0) is 34.1 Å². The van der Waals surface area contributed by atoms with Crippen LogP contribution in [0.15, 0.2) is 26.6 Å². The zero-order valence-electron chi connectivity index (χ0n) is 8.20. The van der Waals surface area contributed by atoms with Gasteiger partial charge in [0.2, 0.25) is 5.13 Å². The first-order valence-corrected chi connectivity index (χ1v) is 6.69. The van der Waals surface area contributed by atoms with E-state index in [2.05, 4.69) is 47.4 Å². The largest absolute Gasteiger partial charge is 0.495 e. The molecule has 0 spiro atoms. The minimum atomic E-state index is 0.711. The molecule has 7 heteroatoms. The highest BCUT2D eigenvalue weighted by molar-refractivity contribution is 9.11. The van der Waals surface area contributed by atoms with E-state index in [9.17, 15) is 0 Å². The van der Waals surface area contributed by atoms with E-state index in [4.69, 9.17) is 4.74 Å². The second kappa shape index (κ2) is 5.11. The molecule has 0 unspecified atom stereocenters. The summed E-state index contributed by atoms with van der Waals surface area (Å²) >= 11 is 8.09. The first-order chi connectivity index (χ1) is 7.69. The van der Waals surface area contributed by atoms with E-state index >= 15 is 0 Å². The molecule has 0 aliphatic rings. The standard InChI is InChI=1S/C9H7Br2N3OS/c1-15-7-3-2-5(10)4-6(7)12-9-14-13-8(11)16-9/h2-4H,1H3,(H,12,14). The Balaban J connectivity index is 2.29. The summed E-state index contributed by atoms with van der Waals surface area (Å²) in [6, 6.07) is 5.72. The number of aromatic nitrogens is 2. The number of benzene rings is 1. The molecule has 2 aromatic rings. The number of rotatable bonds is 3. The second-order valence-corrected chi connectivity index (χ2v) is 6.00. The van der Waals surface area contributed by atoms with Gasteiger partial charge in [-0.2, -0.15) is 0 Å². The Hall–Kier alpha value is -0.660. The minimum Gasteiger partial charge on any atom is -0.495 e. The maximum atomic E-state index is 5.24. The first kappa shape index (κ1) is 11.8. The van der Waals surface area contributed by atoms with Crippen molar-refractivity contribution in [1.82, 2.24) is 10.2 Å². The number of methoxy groups -OCH3 is 1. The zero-order valence-corrected chi connectivity index (χ0v) is 12.2. The number of anilines is 2. The molecule has 0 radical (unpaired) electrons. The molecule has 1 N–H and O–H groups in total. The van der Waals surface area contributed by atoms with Gasteiger partial charge in [0.05, 0.1) is 12.8 Å². The third-order valence-electron chi connectivity index (χ3n) is 1.80. The minimum absolute atomic E-state index is 0.711. The van der Waals surface area contributed by atoms with Gasteiger partial charge in [0.15, 0.2) is 3.92 Å². The zero-order chi connectivity index (χ0) is 11.5. The van der Waals surface area contributed by atoms with E-state index in [0.29, 0.717) is 5.13 Å². The van der Waals surface area contributed by atoms with Crippen LogP contribution in [0.5, 0.6) is 5.75 Å². The van der Waals surface area contributed by atoms with Gasteiger partial charge in [-0.15, -0.1) is 10.2 Å². The highest BCUT2D eigenvalue weighted by Crippen LogP contribution is 2.32. The molecular formula is C9H7Br2N3OS. The Morgan fingerprint density at radius 2 is 2.12 bits per heavy atom. The van der Waals surface area contributed by atoms with Crippen LogP contribution in [0.4, 0.5) is 10.8 Å². The molecule has 1 aromatic heterocycles. The molecule has 1 aromatic carbocycles. The smallest absolute Gasteiger partial charge is 0.211 e. The van der Waals surface area contributed by atoms with Gasteiger partial charge < -0.3 is 10.1 Å². The Morgan fingerprint density at radius 1 is 1.31 bits per heavy atom. The number of halogens is 2. The molecule has 0 aliphatic heterocycles. The van der Waals surface area contributed by atoms with Crippen molar-refractivity contribution in [1.29, 1.82) is 0 Å². The van der Waals surface area contributed by atoms with Gasteiger partial charge in [-0.1, -0.05) is 27.3 Å². The van der Waals surface area contributed by atoms with Gasteiger partial charge >= 0.3 is 0 Å². The quantitative estimate of drug-likeness (QED) is 0.899. The lowest BCUT2D eigenvalue weighted by atomic mass is 10.3. The molecule has 2 rings (SSSR count). The Kier molecular flexibility index (Phi) is 3.78. The van der Waals surface area contributed by atoms with Crippen LogP contribution >= 0.6 is 43.2 Å². The summed E-state index contributed by atoms with van der Waals surface area (Å²) in [6.45, 7) is 0. The summed E-state index contributed by atoms with van der Waals surface area (Å²) in [5, 5.41) is 11.7. The van der Waals surface area contributed by atoms with Crippen LogP contribution < -0.4 is 10.1 Å². The third-order valence-corrected chi connectivity index (χ3v) is 3.57. The van der Waals surface area contributed by atoms with Crippen molar-refractivity contribution in [2.45, 2.75) is 0 Å². The molecule has 0 atom stereocenters. The van der Waals surface area contributed by atoms with E-state index in [1.807, 2.05) is 18.2 Å². The summed E-state index contributed by atoms with van der Waals surface area (Å²) in [7, 11) is 1.63. The molecule has 1 heterocycles. The molecule has 84 valence electrons. The SMILES string of the molecule is COc1ccc(Br)cc1Nc1nnc(Br)s1. The van der Waals surface area contributed by atoms with Gasteiger partial charge in [0.25, 0.3) is 0 Å². The van der Waals surface area contributed by atoms with Crippen molar-refractivity contribution in [3.8, 4) is 5.75 Å². The maximum Gasteiger partial charge on any atom is 0.211 e. The summed E-state index contributed by atoms with van der Waals surface area (Å²) in [4.78, 5) is 0. The Bertz CT molecular complexity index is 503.